The van der Waals surface area contributed by atoms with Gasteiger partial charge in [-0.2, -0.15) is 11.8 Å². The highest BCUT2D eigenvalue weighted by molar-refractivity contribution is 7.99. The SMILES string of the molecule is CCN(C)C(=O)CNC1CCOC2(CCSCC2)C1. The van der Waals surface area contributed by atoms with Gasteiger partial charge in [0, 0.05) is 26.2 Å². The molecular formula is C14H26N2O2S. The van der Waals surface area contributed by atoms with Crippen LogP contribution in [0.25, 0.3) is 0 Å². The molecule has 4 nitrogen and oxygen atoms in total. The number of carbonyl (C=O) groups excluding carboxylic acids is 1. The Morgan fingerprint density at radius 3 is 2.89 bits per heavy atom. The third kappa shape index (κ3) is 4.10. The fraction of sp³-hybridized carbons (Fsp3) is 0.929. The molecule has 1 N–H and O–H groups in total. The number of carbonyl (C=O) groups is 1. The van der Waals surface area contributed by atoms with Crippen molar-refractivity contribution < 1.29 is 9.53 Å². The van der Waals surface area contributed by atoms with Crippen LogP contribution in [0.3, 0.4) is 0 Å². The van der Waals surface area contributed by atoms with Crippen LogP contribution in [0.2, 0.25) is 0 Å². The van der Waals surface area contributed by atoms with Crippen LogP contribution in [0.5, 0.6) is 0 Å². The highest BCUT2D eigenvalue weighted by atomic mass is 32.2. The molecule has 2 fully saturated rings. The number of hydrogen-bond acceptors (Lipinski definition) is 4. The molecule has 110 valence electrons. The quantitative estimate of drug-likeness (QED) is 0.850. The molecule has 2 aliphatic rings. The maximum atomic E-state index is 11.8. The number of thioether (sulfide) groups is 1. The lowest BCUT2D eigenvalue weighted by atomic mass is 9.85. The maximum Gasteiger partial charge on any atom is 0.236 e. The minimum Gasteiger partial charge on any atom is -0.375 e. The van der Waals surface area contributed by atoms with E-state index < -0.39 is 0 Å². The largest absolute Gasteiger partial charge is 0.375 e. The van der Waals surface area contributed by atoms with E-state index in [-0.39, 0.29) is 11.5 Å². The molecule has 0 bridgehead atoms. The van der Waals surface area contributed by atoms with Crippen molar-refractivity contribution >= 4 is 17.7 Å². The molecule has 5 heteroatoms. The van der Waals surface area contributed by atoms with E-state index >= 15 is 0 Å². The predicted molar refractivity (Wildman–Crippen MR) is 79.6 cm³/mol. The van der Waals surface area contributed by atoms with Gasteiger partial charge in [0.05, 0.1) is 12.1 Å². The molecule has 1 amide bonds. The van der Waals surface area contributed by atoms with Gasteiger partial charge in [-0.25, -0.2) is 0 Å². The van der Waals surface area contributed by atoms with Crippen molar-refractivity contribution in [3.05, 3.63) is 0 Å². The Kier molecular flexibility index (Phi) is 5.54. The summed E-state index contributed by atoms with van der Waals surface area (Å²) in [5, 5.41) is 3.43. The Bertz CT molecular complexity index is 300. The summed E-state index contributed by atoms with van der Waals surface area (Å²) >= 11 is 2.03. The fourth-order valence-electron chi connectivity index (χ4n) is 2.84. The van der Waals surface area contributed by atoms with E-state index in [4.69, 9.17) is 4.74 Å². The lowest BCUT2D eigenvalue weighted by Gasteiger charge is -2.43. The summed E-state index contributed by atoms with van der Waals surface area (Å²) in [4.78, 5) is 13.6. The monoisotopic (exact) mass is 286 g/mol. The van der Waals surface area contributed by atoms with Gasteiger partial charge in [0.2, 0.25) is 5.91 Å². The summed E-state index contributed by atoms with van der Waals surface area (Å²) in [7, 11) is 1.86. The number of rotatable bonds is 4. The summed E-state index contributed by atoms with van der Waals surface area (Å²) in [5.74, 6) is 2.61. The smallest absolute Gasteiger partial charge is 0.236 e. The van der Waals surface area contributed by atoms with Crippen LogP contribution in [0.4, 0.5) is 0 Å². The first-order chi connectivity index (χ1) is 9.15. The first kappa shape index (κ1) is 15.1. The van der Waals surface area contributed by atoms with Crippen molar-refractivity contribution in [3.8, 4) is 0 Å². The molecule has 1 unspecified atom stereocenters. The van der Waals surface area contributed by atoms with Crippen LogP contribution in [0.15, 0.2) is 0 Å². The molecule has 0 aromatic heterocycles. The third-order valence-corrected chi connectivity index (χ3v) is 5.32. The molecule has 2 heterocycles. The van der Waals surface area contributed by atoms with E-state index in [0.29, 0.717) is 12.6 Å². The summed E-state index contributed by atoms with van der Waals surface area (Å²) in [5.41, 5.74) is 0.0981. The van der Waals surface area contributed by atoms with Crippen molar-refractivity contribution in [1.82, 2.24) is 10.2 Å². The molecule has 0 radical (unpaired) electrons. The van der Waals surface area contributed by atoms with Gasteiger partial charge in [-0.1, -0.05) is 0 Å². The predicted octanol–water partition coefficient (Wildman–Crippen LogP) is 1.50. The van der Waals surface area contributed by atoms with Crippen LogP contribution in [-0.2, 0) is 9.53 Å². The summed E-state index contributed by atoms with van der Waals surface area (Å²) in [6, 6.07) is 0.436. The van der Waals surface area contributed by atoms with Crippen molar-refractivity contribution in [2.75, 3.05) is 38.2 Å². The van der Waals surface area contributed by atoms with Crippen molar-refractivity contribution in [2.45, 2.75) is 44.2 Å². The number of amides is 1. The number of ether oxygens (including phenoxy) is 1. The Morgan fingerprint density at radius 1 is 1.47 bits per heavy atom. The van der Waals surface area contributed by atoms with Crippen LogP contribution >= 0.6 is 11.8 Å². The van der Waals surface area contributed by atoms with Gasteiger partial charge in [0.1, 0.15) is 0 Å². The summed E-state index contributed by atoms with van der Waals surface area (Å²) in [6.07, 6.45) is 4.42. The molecule has 2 rings (SSSR count). The van der Waals surface area contributed by atoms with Gasteiger partial charge in [0.15, 0.2) is 0 Å². The second-order valence-electron chi connectivity index (χ2n) is 5.62. The second kappa shape index (κ2) is 6.95. The molecule has 0 aromatic carbocycles. The van der Waals surface area contributed by atoms with Gasteiger partial charge in [-0.3, -0.25) is 4.79 Å². The molecule has 0 saturated carbocycles. The first-order valence-electron chi connectivity index (χ1n) is 7.34. The van der Waals surface area contributed by atoms with Crippen molar-refractivity contribution in [3.63, 3.8) is 0 Å². The number of hydrogen-bond donors (Lipinski definition) is 1. The van der Waals surface area contributed by atoms with Crippen LogP contribution in [-0.4, -0.2) is 60.7 Å². The van der Waals surface area contributed by atoms with Gasteiger partial charge >= 0.3 is 0 Å². The van der Waals surface area contributed by atoms with Crippen LogP contribution in [0.1, 0.15) is 32.6 Å². The lowest BCUT2D eigenvalue weighted by molar-refractivity contribution is -0.129. The van der Waals surface area contributed by atoms with Crippen LogP contribution < -0.4 is 5.32 Å². The van der Waals surface area contributed by atoms with E-state index in [0.717, 1.165) is 26.0 Å². The molecule has 0 aliphatic carbocycles. The molecule has 19 heavy (non-hydrogen) atoms. The van der Waals surface area contributed by atoms with E-state index in [2.05, 4.69) is 5.32 Å². The topological polar surface area (TPSA) is 41.6 Å². The first-order valence-corrected chi connectivity index (χ1v) is 8.50. The van der Waals surface area contributed by atoms with Gasteiger partial charge in [-0.05, 0) is 44.1 Å². The van der Waals surface area contributed by atoms with Crippen molar-refractivity contribution in [2.24, 2.45) is 0 Å². The fourth-order valence-corrected chi connectivity index (χ4v) is 4.07. The van der Waals surface area contributed by atoms with E-state index in [9.17, 15) is 4.79 Å². The zero-order chi connectivity index (χ0) is 13.7. The standard InChI is InChI=1S/C14H26N2O2S/c1-3-16(2)13(17)11-15-12-4-7-18-14(10-12)5-8-19-9-6-14/h12,15H,3-11H2,1-2H3. The molecule has 1 atom stereocenters. The molecule has 0 aromatic rings. The molecular weight excluding hydrogens is 260 g/mol. The minimum atomic E-state index is 0.0981. The van der Waals surface area contributed by atoms with Crippen molar-refractivity contribution in [1.29, 1.82) is 0 Å². The Hall–Kier alpha value is -0.260. The number of nitrogens with one attached hydrogen (secondary N) is 1. The number of nitrogens with zero attached hydrogens (tertiary/aromatic N) is 1. The van der Waals surface area contributed by atoms with E-state index in [1.807, 2.05) is 25.7 Å². The van der Waals surface area contributed by atoms with E-state index in [1.165, 1.54) is 24.3 Å². The summed E-state index contributed by atoms with van der Waals surface area (Å²) < 4.78 is 6.06. The number of likely N-dealkylation sites (N-methyl/N-ethyl adjacent to an activating group) is 1. The minimum absolute atomic E-state index is 0.0981. The lowest BCUT2D eigenvalue weighted by Crippen LogP contribution is -2.50. The zero-order valence-corrected chi connectivity index (χ0v) is 12.9. The average molecular weight is 286 g/mol. The second-order valence-corrected chi connectivity index (χ2v) is 6.85. The highest BCUT2D eigenvalue weighted by Crippen LogP contribution is 2.37. The molecule has 2 saturated heterocycles. The zero-order valence-electron chi connectivity index (χ0n) is 12.1. The Labute approximate surface area is 120 Å². The average Bonchev–Trinajstić information content (AvgIpc) is 2.45. The molecule has 2 aliphatic heterocycles. The van der Waals surface area contributed by atoms with Gasteiger partial charge < -0.3 is 15.0 Å². The maximum absolute atomic E-state index is 11.8. The van der Waals surface area contributed by atoms with E-state index in [1.54, 1.807) is 4.90 Å². The normalized spacial score (nSPS) is 26.3. The Morgan fingerprint density at radius 2 is 2.21 bits per heavy atom. The van der Waals surface area contributed by atoms with Gasteiger partial charge in [-0.15, -0.1) is 0 Å². The Balaban J connectivity index is 1.79. The third-order valence-electron chi connectivity index (χ3n) is 4.34. The summed E-state index contributed by atoms with van der Waals surface area (Å²) in [6.45, 7) is 4.07. The van der Waals surface area contributed by atoms with Gasteiger partial charge in [0.25, 0.3) is 0 Å². The molecule has 1 spiro atoms. The highest BCUT2D eigenvalue weighted by Gasteiger charge is 2.38. The van der Waals surface area contributed by atoms with Crippen LogP contribution in [0, 0.1) is 0 Å².